The van der Waals surface area contributed by atoms with Gasteiger partial charge in [-0.25, -0.2) is 22.6 Å². The molecule has 1 aliphatic rings. The number of methoxy groups -OCH3 is 2. The normalized spacial score (nSPS) is 12.8. The fraction of sp³-hybridized carbons (Fsp3) is 0.143. The topological polar surface area (TPSA) is 119 Å². The molecule has 0 fully saturated rings. The Balaban J connectivity index is 1.33. The lowest BCUT2D eigenvalue weighted by molar-refractivity contribution is 0.203. The Labute approximate surface area is 230 Å². The van der Waals surface area contributed by atoms with Gasteiger partial charge < -0.3 is 19.1 Å². The second kappa shape index (κ2) is 11.1. The molecule has 5 rings (SSSR count). The molecule has 4 aromatic rings. The van der Waals surface area contributed by atoms with Gasteiger partial charge in [-0.15, -0.1) is 0 Å². The molecule has 3 aromatic carbocycles. The Morgan fingerprint density at radius 2 is 1.75 bits per heavy atom. The van der Waals surface area contributed by atoms with Crippen molar-refractivity contribution in [3.05, 3.63) is 95.9 Å². The Bertz CT molecular complexity index is 1660. The van der Waals surface area contributed by atoms with E-state index in [1.165, 1.54) is 37.6 Å². The summed E-state index contributed by atoms with van der Waals surface area (Å²) in [6.07, 6.45) is 1.45. The van der Waals surface area contributed by atoms with Gasteiger partial charge in [0.15, 0.2) is 11.6 Å². The predicted octanol–water partition coefficient (Wildman–Crippen LogP) is 5.38. The van der Waals surface area contributed by atoms with Crippen LogP contribution < -0.4 is 24.2 Å². The average Bonchev–Trinajstić information content (AvgIpc) is 2.95. The van der Waals surface area contributed by atoms with Crippen LogP contribution in [0.15, 0.2) is 83.9 Å². The number of rotatable bonds is 9. The van der Waals surface area contributed by atoms with Gasteiger partial charge in [0.2, 0.25) is 0 Å². The molecule has 12 heteroatoms. The standard InChI is InChI=1S/C28H25FN4O6S/c1-37-20-9-6-18(7-10-20)16-33-17-23-25(12-13-30-27(23)31-28(33)34)39-26-11-8-19(14-24(26)29)32-40(35,36)22-5-3-4-21(15-22)38-2/h3-15,32H,16-17H2,1-2H3,(H,30,31,34). The maximum atomic E-state index is 15.1. The van der Waals surface area contributed by atoms with E-state index in [0.717, 1.165) is 11.6 Å². The number of hydrogen-bond donors (Lipinski definition) is 2. The highest BCUT2D eigenvalue weighted by Crippen LogP contribution is 2.35. The molecule has 1 aromatic heterocycles. The molecule has 0 bridgehead atoms. The molecule has 2 heterocycles. The van der Waals surface area contributed by atoms with Crippen molar-refractivity contribution in [2.45, 2.75) is 18.0 Å². The largest absolute Gasteiger partial charge is 0.497 e. The summed E-state index contributed by atoms with van der Waals surface area (Å²) in [6, 6.07) is 18.3. The van der Waals surface area contributed by atoms with Crippen molar-refractivity contribution < 1.29 is 31.8 Å². The zero-order valence-electron chi connectivity index (χ0n) is 21.5. The summed E-state index contributed by atoms with van der Waals surface area (Å²) >= 11 is 0. The number of fused-ring (bicyclic) bond motifs is 1. The van der Waals surface area contributed by atoms with Crippen molar-refractivity contribution in [2.24, 2.45) is 0 Å². The molecule has 0 radical (unpaired) electrons. The number of aromatic nitrogens is 1. The lowest BCUT2D eigenvalue weighted by Crippen LogP contribution is -2.38. The van der Waals surface area contributed by atoms with E-state index >= 15 is 4.39 Å². The molecule has 0 spiro atoms. The van der Waals surface area contributed by atoms with E-state index in [2.05, 4.69) is 15.0 Å². The van der Waals surface area contributed by atoms with Gasteiger partial charge in [-0.3, -0.25) is 10.0 Å². The molecule has 0 saturated carbocycles. The van der Waals surface area contributed by atoms with Crippen LogP contribution in [-0.4, -0.2) is 38.6 Å². The van der Waals surface area contributed by atoms with Crippen molar-refractivity contribution >= 4 is 27.6 Å². The number of urea groups is 1. The van der Waals surface area contributed by atoms with E-state index in [4.69, 9.17) is 14.2 Å². The molecule has 2 N–H and O–H groups in total. The molecule has 1 aliphatic heterocycles. The minimum atomic E-state index is -3.99. The highest BCUT2D eigenvalue weighted by Gasteiger charge is 2.27. The smallest absolute Gasteiger partial charge is 0.323 e. The number of benzene rings is 3. The Hall–Kier alpha value is -4.84. The molecular formula is C28H25FN4O6S. The molecular weight excluding hydrogens is 539 g/mol. The van der Waals surface area contributed by atoms with E-state index in [0.29, 0.717) is 35.2 Å². The third-order valence-corrected chi connectivity index (χ3v) is 7.54. The van der Waals surface area contributed by atoms with E-state index in [1.807, 2.05) is 24.3 Å². The summed E-state index contributed by atoms with van der Waals surface area (Å²) in [5.41, 5.74) is 1.48. The maximum Gasteiger partial charge on any atom is 0.323 e. The number of ether oxygens (including phenoxy) is 3. The molecule has 40 heavy (non-hydrogen) atoms. The minimum Gasteiger partial charge on any atom is -0.497 e. The van der Waals surface area contributed by atoms with Crippen LogP contribution in [0.2, 0.25) is 0 Å². The van der Waals surface area contributed by atoms with Crippen LogP contribution in [0.5, 0.6) is 23.0 Å². The first-order valence-corrected chi connectivity index (χ1v) is 13.5. The van der Waals surface area contributed by atoms with Crippen LogP contribution >= 0.6 is 0 Å². The molecule has 2 amide bonds. The van der Waals surface area contributed by atoms with Crippen molar-refractivity contribution in [3.63, 3.8) is 0 Å². The molecule has 10 nitrogen and oxygen atoms in total. The van der Waals surface area contributed by atoms with Crippen molar-refractivity contribution in [1.29, 1.82) is 0 Å². The van der Waals surface area contributed by atoms with E-state index in [9.17, 15) is 13.2 Å². The summed E-state index contributed by atoms with van der Waals surface area (Å²) in [6.45, 7) is 0.497. The monoisotopic (exact) mass is 564 g/mol. The van der Waals surface area contributed by atoms with Gasteiger partial charge in [0.25, 0.3) is 10.0 Å². The predicted molar refractivity (Wildman–Crippen MR) is 146 cm³/mol. The highest BCUT2D eigenvalue weighted by atomic mass is 32.2. The molecule has 0 unspecified atom stereocenters. The van der Waals surface area contributed by atoms with Gasteiger partial charge in [0.05, 0.1) is 36.9 Å². The van der Waals surface area contributed by atoms with Gasteiger partial charge in [-0.1, -0.05) is 18.2 Å². The highest BCUT2D eigenvalue weighted by molar-refractivity contribution is 7.92. The quantitative estimate of drug-likeness (QED) is 0.280. The van der Waals surface area contributed by atoms with E-state index < -0.39 is 15.8 Å². The van der Waals surface area contributed by atoms with Gasteiger partial charge in [0, 0.05) is 24.9 Å². The van der Waals surface area contributed by atoms with E-state index in [1.54, 1.807) is 30.2 Å². The summed E-state index contributed by atoms with van der Waals surface area (Å²) in [7, 11) is -0.977. The lowest BCUT2D eigenvalue weighted by Gasteiger charge is -2.29. The maximum absolute atomic E-state index is 15.1. The Morgan fingerprint density at radius 3 is 2.48 bits per heavy atom. The van der Waals surface area contributed by atoms with Crippen LogP contribution in [0.1, 0.15) is 11.1 Å². The summed E-state index contributed by atoms with van der Waals surface area (Å²) in [4.78, 5) is 18.4. The molecule has 0 aliphatic carbocycles. The Morgan fingerprint density at radius 1 is 0.975 bits per heavy atom. The first-order valence-electron chi connectivity index (χ1n) is 12.1. The van der Waals surface area contributed by atoms with Crippen LogP contribution in [0.25, 0.3) is 0 Å². The lowest BCUT2D eigenvalue weighted by atomic mass is 10.1. The zero-order chi connectivity index (χ0) is 28.3. The number of nitrogens with zero attached hydrogens (tertiary/aromatic N) is 2. The first-order chi connectivity index (χ1) is 19.3. The molecule has 0 saturated heterocycles. The van der Waals surface area contributed by atoms with Gasteiger partial charge >= 0.3 is 6.03 Å². The van der Waals surface area contributed by atoms with Crippen LogP contribution in [0, 0.1) is 5.82 Å². The molecule has 0 atom stereocenters. The number of halogens is 1. The number of amides is 2. The number of pyridine rings is 1. The van der Waals surface area contributed by atoms with Crippen LogP contribution in [0.4, 0.5) is 20.7 Å². The number of hydrogen-bond acceptors (Lipinski definition) is 7. The van der Waals surface area contributed by atoms with Crippen molar-refractivity contribution in [2.75, 3.05) is 24.3 Å². The van der Waals surface area contributed by atoms with Gasteiger partial charge in [-0.2, -0.15) is 0 Å². The Kier molecular flexibility index (Phi) is 7.43. The third kappa shape index (κ3) is 5.76. The number of nitrogens with one attached hydrogen (secondary N) is 2. The second-order valence-electron chi connectivity index (χ2n) is 8.80. The summed E-state index contributed by atoms with van der Waals surface area (Å²) in [5.74, 6) is 0.781. The summed E-state index contributed by atoms with van der Waals surface area (Å²) < 4.78 is 59.1. The fourth-order valence-corrected chi connectivity index (χ4v) is 5.19. The first kappa shape index (κ1) is 26.8. The third-order valence-electron chi connectivity index (χ3n) is 6.16. The average molecular weight is 565 g/mol. The summed E-state index contributed by atoms with van der Waals surface area (Å²) in [5, 5.41) is 2.74. The molecule has 206 valence electrons. The number of carbonyl (C=O) groups is 1. The van der Waals surface area contributed by atoms with Crippen molar-refractivity contribution in [3.8, 4) is 23.0 Å². The van der Waals surface area contributed by atoms with Crippen LogP contribution in [0.3, 0.4) is 0 Å². The van der Waals surface area contributed by atoms with Crippen molar-refractivity contribution in [1.82, 2.24) is 9.88 Å². The van der Waals surface area contributed by atoms with Gasteiger partial charge in [0.1, 0.15) is 23.1 Å². The zero-order valence-corrected chi connectivity index (χ0v) is 22.4. The van der Waals surface area contributed by atoms with E-state index in [-0.39, 0.29) is 28.9 Å². The van der Waals surface area contributed by atoms with Crippen LogP contribution in [-0.2, 0) is 23.1 Å². The van der Waals surface area contributed by atoms with Gasteiger partial charge in [-0.05, 0) is 48.0 Å². The number of anilines is 2. The fourth-order valence-electron chi connectivity index (χ4n) is 4.10. The SMILES string of the molecule is COc1ccc(CN2Cc3c(Oc4ccc(NS(=O)(=O)c5cccc(OC)c5)cc4F)ccnc3NC2=O)cc1. The number of sulfonamides is 1. The second-order valence-corrected chi connectivity index (χ2v) is 10.5. The number of carbonyl (C=O) groups excluding carboxylic acids is 1. The minimum absolute atomic E-state index is 0.0161.